The van der Waals surface area contributed by atoms with Crippen molar-refractivity contribution in [1.29, 1.82) is 0 Å². The summed E-state index contributed by atoms with van der Waals surface area (Å²) in [5.74, 6) is 0. The molecule has 3 aromatic rings. The molecule has 104 valence electrons. The van der Waals surface area contributed by atoms with Crippen LogP contribution in [0.5, 0.6) is 0 Å². The highest BCUT2D eigenvalue weighted by Crippen LogP contribution is 2.24. The molecule has 1 N–H and O–H groups in total. The van der Waals surface area contributed by atoms with E-state index >= 15 is 0 Å². The first kappa shape index (κ1) is 12.9. The van der Waals surface area contributed by atoms with E-state index < -0.39 is 6.10 Å². The van der Waals surface area contributed by atoms with Gasteiger partial charge in [0.05, 0.1) is 23.0 Å². The van der Waals surface area contributed by atoms with Gasteiger partial charge in [0.15, 0.2) is 0 Å². The van der Waals surface area contributed by atoms with Gasteiger partial charge in [-0.3, -0.25) is 9.36 Å². The standard InChI is InChI=1S/C15H18N4O/c1-10-12(9-18(2)16-10)15(20)8-13-11-6-4-5-7-14(11)19(3)17-13/h4-7,9,15,20H,8H2,1-3H3. The monoisotopic (exact) mass is 270 g/mol. The van der Waals surface area contributed by atoms with E-state index in [9.17, 15) is 5.11 Å². The minimum Gasteiger partial charge on any atom is -0.388 e. The Morgan fingerprint density at radius 2 is 1.95 bits per heavy atom. The zero-order chi connectivity index (χ0) is 14.3. The van der Waals surface area contributed by atoms with E-state index in [0.29, 0.717) is 6.42 Å². The van der Waals surface area contributed by atoms with Crippen molar-refractivity contribution in [3.63, 3.8) is 0 Å². The van der Waals surface area contributed by atoms with E-state index in [2.05, 4.69) is 10.2 Å². The van der Waals surface area contributed by atoms with Gasteiger partial charge < -0.3 is 5.11 Å². The molecule has 2 aromatic heterocycles. The lowest BCUT2D eigenvalue weighted by Gasteiger charge is -2.07. The summed E-state index contributed by atoms with van der Waals surface area (Å²) in [6.07, 6.45) is 1.78. The zero-order valence-electron chi connectivity index (χ0n) is 11.9. The van der Waals surface area contributed by atoms with Gasteiger partial charge in [-0.2, -0.15) is 10.2 Å². The zero-order valence-corrected chi connectivity index (χ0v) is 11.9. The van der Waals surface area contributed by atoms with Crippen molar-refractivity contribution in [2.45, 2.75) is 19.4 Å². The van der Waals surface area contributed by atoms with Gasteiger partial charge in [-0.05, 0) is 13.0 Å². The van der Waals surface area contributed by atoms with Crippen molar-refractivity contribution in [3.8, 4) is 0 Å². The van der Waals surface area contributed by atoms with Gasteiger partial charge in [-0.25, -0.2) is 0 Å². The molecule has 0 aliphatic heterocycles. The molecule has 0 aliphatic carbocycles. The average Bonchev–Trinajstić information content (AvgIpc) is 2.91. The molecule has 0 saturated carbocycles. The van der Waals surface area contributed by atoms with Gasteiger partial charge >= 0.3 is 0 Å². The van der Waals surface area contributed by atoms with Gasteiger partial charge in [0, 0.05) is 37.7 Å². The maximum Gasteiger partial charge on any atom is 0.0879 e. The third-order valence-electron chi connectivity index (χ3n) is 3.63. The quantitative estimate of drug-likeness (QED) is 0.790. The highest BCUT2D eigenvalue weighted by Gasteiger charge is 2.17. The lowest BCUT2D eigenvalue weighted by molar-refractivity contribution is 0.176. The van der Waals surface area contributed by atoms with Crippen LogP contribution in [0.15, 0.2) is 30.5 Å². The third-order valence-corrected chi connectivity index (χ3v) is 3.63. The second kappa shape index (κ2) is 4.76. The number of benzene rings is 1. The molecule has 1 aromatic carbocycles. The van der Waals surface area contributed by atoms with E-state index in [1.807, 2.05) is 56.2 Å². The van der Waals surface area contributed by atoms with Crippen LogP contribution in [-0.4, -0.2) is 24.7 Å². The predicted molar refractivity (Wildman–Crippen MR) is 77.3 cm³/mol. The number of aliphatic hydroxyl groups is 1. The lowest BCUT2D eigenvalue weighted by Crippen LogP contribution is -2.04. The molecule has 0 radical (unpaired) electrons. The van der Waals surface area contributed by atoms with Gasteiger partial charge in [0.25, 0.3) is 0 Å². The van der Waals surface area contributed by atoms with E-state index in [1.165, 1.54) is 0 Å². The lowest BCUT2D eigenvalue weighted by atomic mass is 10.0. The molecule has 0 spiro atoms. The first-order valence-electron chi connectivity index (χ1n) is 6.65. The highest BCUT2D eigenvalue weighted by molar-refractivity contribution is 5.81. The first-order valence-corrected chi connectivity index (χ1v) is 6.65. The topological polar surface area (TPSA) is 55.9 Å². The summed E-state index contributed by atoms with van der Waals surface area (Å²) in [6, 6.07) is 8.07. The summed E-state index contributed by atoms with van der Waals surface area (Å²) < 4.78 is 3.58. The molecule has 1 atom stereocenters. The smallest absolute Gasteiger partial charge is 0.0879 e. The second-order valence-corrected chi connectivity index (χ2v) is 5.15. The number of para-hydroxylation sites is 1. The summed E-state index contributed by atoms with van der Waals surface area (Å²) in [7, 11) is 3.78. The van der Waals surface area contributed by atoms with Crippen molar-refractivity contribution < 1.29 is 5.11 Å². The number of aromatic nitrogens is 4. The molecule has 0 fully saturated rings. The largest absolute Gasteiger partial charge is 0.388 e. The van der Waals surface area contributed by atoms with Crippen molar-refractivity contribution in [2.75, 3.05) is 0 Å². The number of rotatable bonds is 3. The van der Waals surface area contributed by atoms with Crippen LogP contribution in [0.4, 0.5) is 0 Å². The number of hydrogen-bond acceptors (Lipinski definition) is 3. The van der Waals surface area contributed by atoms with Gasteiger partial charge in [-0.15, -0.1) is 0 Å². The first-order chi connectivity index (χ1) is 9.56. The Bertz CT molecular complexity index is 756. The Labute approximate surface area is 117 Å². The molecule has 0 aliphatic rings. The van der Waals surface area contributed by atoms with Gasteiger partial charge in [0.1, 0.15) is 0 Å². The molecule has 0 amide bonds. The van der Waals surface area contributed by atoms with Gasteiger partial charge in [0.2, 0.25) is 0 Å². The van der Waals surface area contributed by atoms with E-state index in [1.54, 1.807) is 4.68 Å². The van der Waals surface area contributed by atoms with E-state index in [0.717, 1.165) is 27.9 Å². The summed E-state index contributed by atoms with van der Waals surface area (Å²) >= 11 is 0. The molecule has 3 rings (SSSR count). The third kappa shape index (κ3) is 2.10. The van der Waals surface area contributed by atoms with Crippen LogP contribution < -0.4 is 0 Å². The maximum atomic E-state index is 10.4. The van der Waals surface area contributed by atoms with Crippen LogP contribution in [0.25, 0.3) is 10.9 Å². The minimum atomic E-state index is -0.581. The Hall–Kier alpha value is -2.14. The SMILES string of the molecule is Cc1nn(C)cc1C(O)Cc1nn(C)c2ccccc12. The highest BCUT2D eigenvalue weighted by atomic mass is 16.3. The Morgan fingerprint density at radius 3 is 2.65 bits per heavy atom. The molecule has 20 heavy (non-hydrogen) atoms. The number of hydrogen-bond donors (Lipinski definition) is 1. The molecule has 0 saturated heterocycles. The van der Waals surface area contributed by atoms with Crippen LogP contribution in [0, 0.1) is 6.92 Å². The van der Waals surface area contributed by atoms with Crippen LogP contribution >= 0.6 is 0 Å². The Balaban J connectivity index is 1.95. The minimum absolute atomic E-state index is 0.494. The summed E-state index contributed by atoms with van der Waals surface area (Å²) in [4.78, 5) is 0. The number of fused-ring (bicyclic) bond motifs is 1. The molecule has 0 bridgehead atoms. The number of aryl methyl sites for hydroxylation is 3. The summed E-state index contributed by atoms with van der Waals surface area (Å²) in [6.45, 7) is 1.91. The fourth-order valence-corrected chi connectivity index (χ4v) is 2.68. The molecule has 5 heteroatoms. The number of aliphatic hydroxyl groups excluding tert-OH is 1. The molecular formula is C15H18N4O. The van der Waals surface area contributed by atoms with Crippen molar-refractivity contribution in [2.24, 2.45) is 14.1 Å². The van der Waals surface area contributed by atoms with Gasteiger partial charge in [-0.1, -0.05) is 18.2 Å². The van der Waals surface area contributed by atoms with E-state index in [4.69, 9.17) is 0 Å². The normalized spacial score (nSPS) is 13.0. The van der Waals surface area contributed by atoms with Crippen LogP contribution in [0.2, 0.25) is 0 Å². The predicted octanol–water partition coefficient (Wildman–Crippen LogP) is 1.89. The second-order valence-electron chi connectivity index (χ2n) is 5.15. The summed E-state index contributed by atoms with van der Waals surface area (Å²) in [5, 5.41) is 20.3. The Kier molecular flexibility index (Phi) is 3.06. The molecular weight excluding hydrogens is 252 g/mol. The van der Waals surface area contributed by atoms with Crippen molar-refractivity contribution in [3.05, 3.63) is 47.4 Å². The van der Waals surface area contributed by atoms with Crippen molar-refractivity contribution >= 4 is 10.9 Å². The van der Waals surface area contributed by atoms with Crippen LogP contribution in [0.3, 0.4) is 0 Å². The fourth-order valence-electron chi connectivity index (χ4n) is 2.68. The van der Waals surface area contributed by atoms with Crippen LogP contribution in [-0.2, 0) is 20.5 Å². The molecule has 1 unspecified atom stereocenters. The average molecular weight is 270 g/mol. The van der Waals surface area contributed by atoms with Crippen molar-refractivity contribution in [1.82, 2.24) is 19.6 Å². The van der Waals surface area contributed by atoms with Crippen LogP contribution in [0.1, 0.15) is 23.1 Å². The molecule has 2 heterocycles. The van der Waals surface area contributed by atoms with E-state index in [-0.39, 0.29) is 0 Å². The molecule has 5 nitrogen and oxygen atoms in total. The Morgan fingerprint density at radius 1 is 1.20 bits per heavy atom. The maximum absolute atomic E-state index is 10.4. The fraction of sp³-hybridized carbons (Fsp3) is 0.333. The number of nitrogens with zero attached hydrogens (tertiary/aromatic N) is 4. The summed E-state index contributed by atoms with van der Waals surface area (Å²) in [5.41, 5.74) is 3.72.